The molecular weight excluding hydrogens is 216 g/mol. The first-order chi connectivity index (χ1) is 8.27. The lowest BCUT2D eigenvalue weighted by molar-refractivity contribution is 0.0655. The van der Waals surface area contributed by atoms with E-state index in [1.165, 1.54) is 17.7 Å². The number of rotatable bonds is 4. The van der Waals surface area contributed by atoms with Crippen molar-refractivity contribution in [3.63, 3.8) is 0 Å². The average Bonchev–Trinajstić information content (AvgIpc) is 3.13. The first kappa shape index (κ1) is 10.5. The molecule has 3 rings (SSSR count). The third kappa shape index (κ3) is 1.85. The number of nitrogens with zero attached hydrogens (tertiary/aromatic N) is 1. The van der Waals surface area contributed by atoms with E-state index in [0.29, 0.717) is 30.3 Å². The smallest absolute Gasteiger partial charge is 0.261 e. The van der Waals surface area contributed by atoms with Crippen molar-refractivity contribution in [2.75, 3.05) is 13.1 Å². The van der Waals surface area contributed by atoms with E-state index in [0.717, 1.165) is 0 Å². The van der Waals surface area contributed by atoms with E-state index < -0.39 is 0 Å². The lowest BCUT2D eigenvalue weighted by atomic mass is 10.1. The van der Waals surface area contributed by atoms with Gasteiger partial charge in [0, 0.05) is 19.1 Å². The number of hydrogen-bond acceptors (Lipinski definition) is 3. The van der Waals surface area contributed by atoms with Crippen molar-refractivity contribution in [3.05, 3.63) is 35.4 Å². The Morgan fingerprint density at radius 1 is 1.12 bits per heavy atom. The van der Waals surface area contributed by atoms with Crippen LogP contribution in [0.25, 0.3) is 0 Å². The molecular formula is C13H14N2O2. The van der Waals surface area contributed by atoms with Crippen LogP contribution in [0.1, 0.15) is 33.6 Å². The van der Waals surface area contributed by atoms with E-state index in [1.54, 1.807) is 24.3 Å². The maximum atomic E-state index is 12.0. The van der Waals surface area contributed by atoms with Crippen molar-refractivity contribution in [2.24, 2.45) is 0 Å². The Hall–Kier alpha value is -1.68. The zero-order valence-corrected chi connectivity index (χ0v) is 9.48. The topological polar surface area (TPSA) is 49.4 Å². The number of hydrogen-bond donors (Lipinski definition) is 1. The largest absolute Gasteiger partial charge is 0.312 e. The molecule has 0 spiro atoms. The number of imide groups is 1. The molecule has 0 unspecified atom stereocenters. The Kier molecular flexibility index (Phi) is 2.44. The van der Waals surface area contributed by atoms with Crippen LogP contribution in [-0.4, -0.2) is 35.8 Å². The van der Waals surface area contributed by atoms with Crippen molar-refractivity contribution in [1.29, 1.82) is 0 Å². The summed E-state index contributed by atoms with van der Waals surface area (Å²) < 4.78 is 0. The molecule has 2 aliphatic rings. The summed E-state index contributed by atoms with van der Waals surface area (Å²) in [6, 6.07) is 7.60. The molecule has 17 heavy (non-hydrogen) atoms. The fourth-order valence-corrected chi connectivity index (χ4v) is 2.11. The van der Waals surface area contributed by atoms with Gasteiger partial charge in [0.05, 0.1) is 11.1 Å². The number of carbonyl (C=O) groups is 2. The number of carbonyl (C=O) groups excluding carboxylic acids is 2. The SMILES string of the molecule is O=C1c2ccccc2C(=O)N1CCNC1CC1. The van der Waals surface area contributed by atoms with Crippen molar-refractivity contribution < 1.29 is 9.59 Å². The molecule has 4 nitrogen and oxygen atoms in total. The fourth-order valence-electron chi connectivity index (χ4n) is 2.11. The summed E-state index contributed by atoms with van der Waals surface area (Å²) in [4.78, 5) is 25.3. The molecule has 1 aromatic rings. The van der Waals surface area contributed by atoms with E-state index in [4.69, 9.17) is 0 Å². The van der Waals surface area contributed by atoms with Crippen molar-refractivity contribution >= 4 is 11.8 Å². The monoisotopic (exact) mass is 230 g/mol. The highest BCUT2D eigenvalue weighted by atomic mass is 16.2. The van der Waals surface area contributed by atoms with E-state index in [9.17, 15) is 9.59 Å². The highest BCUT2D eigenvalue weighted by Crippen LogP contribution is 2.22. The zero-order chi connectivity index (χ0) is 11.8. The summed E-state index contributed by atoms with van der Waals surface area (Å²) >= 11 is 0. The van der Waals surface area contributed by atoms with Gasteiger partial charge in [-0.1, -0.05) is 12.1 Å². The molecule has 0 saturated heterocycles. The Bertz CT molecular complexity index is 445. The summed E-state index contributed by atoms with van der Waals surface area (Å²) in [6.45, 7) is 1.15. The van der Waals surface area contributed by atoms with Crippen molar-refractivity contribution in [1.82, 2.24) is 10.2 Å². The lowest BCUT2D eigenvalue weighted by Crippen LogP contribution is -2.36. The maximum Gasteiger partial charge on any atom is 0.261 e. The van der Waals surface area contributed by atoms with Crippen LogP contribution in [0.5, 0.6) is 0 Å². The minimum atomic E-state index is -0.164. The number of fused-ring (bicyclic) bond motifs is 1. The summed E-state index contributed by atoms with van der Waals surface area (Å²) in [7, 11) is 0. The van der Waals surface area contributed by atoms with Crippen molar-refractivity contribution in [3.8, 4) is 0 Å². The summed E-state index contributed by atoms with van der Waals surface area (Å²) in [6.07, 6.45) is 2.42. The Balaban J connectivity index is 1.70. The minimum absolute atomic E-state index is 0.164. The van der Waals surface area contributed by atoms with Gasteiger partial charge in [0.2, 0.25) is 0 Å². The van der Waals surface area contributed by atoms with Gasteiger partial charge in [-0.25, -0.2) is 0 Å². The maximum absolute atomic E-state index is 12.0. The van der Waals surface area contributed by atoms with Gasteiger partial charge in [0.1, 0.15) is 0 Å². The van der Waals surface area contributed by atoms with Gasteiger partial charge in [-0.05, 0) is 25.0 Å². The molecule has 88 valence electrons. The average molecular weight is 230 g/mol. The summed E-state index contributed by atoms with van der Waals surface area (Å²) in [5.74, 6) is -0.327. The second kappa shape index (κ2) is 3.96. The minimum Gasteiger partial charge on any atom is -0.312 e. The molecule has 1 heterocycles. The third-order valence-corrected chi connectivity index (χ3v) is 3.22. The van der Waals surface area contributed by atoms with Crippen LogP contribution in [0.4, 0.5) is 0 Å². The highest BCUT2D eigenvalue weighted by Gasteiger charge is 2.34. The van der Waals surface area contributed by atoms with Crippen LogP contribution < -0.4 is 5.32 Å². The zero-order valence-electron chi connectivity index (χ0n) is 9.48. The quantitative estimate of drug-likeness (QED) is 0.786. The molecule has 1 fully saturated rings. The van der Waals surface area contributed by atoms with E-state index in [1.807, 2.05) is 0 Å². The first-order valence-corrected chi connectivity index (χ1v) is 5.96. The molecule has 0 atom stereocenters. The predicted octanol–water partition coefficient (Wildman–Crippen LogP) is 1.03. The summed E-state index contributed by atoms with van der Waals surface area (Å²) in [5, 5.41) is 3.31. The Morgan fingerprint density at radius 3 is 2.24 bits per heavy atom. The van der Waals surface area contributed by atoms with Crippen LogP contribution in [0.3, 0.4) is 0 Å². The molecule has 4 heteroatoms. The second-order valence-corrected chi connectivity index (χ2v) is 4.54. The van der Waals surface area contributed by atoms with Gasteiger partial charge in [-0.2, -0.15) is 0 Å². The normalized spacial score (nSPS) is 18.7. The van der Waals surface area contributed by atoms with Gasteiger partial charge in [-0.3, -0.25) is 14.5 Å². The van der Waals surface area contributed by atoms with Crippen molar-refractivity contribution in [2.45, 2.75) is 18.9 Å². The van der Waals surface area contributed by atoms with Gasteiger partial charge in [-0.15, -0.1) is 0 Å². The lowest BCUT2D eigenvalue weighted by Gasteiger charge is -2.13. The predicted molar refractivity (Wildman–Crippen MR) is 62.8 cm³/mol. The van der Waals surface area contributed by atoms with E-state index >= 15 is 0 Å². The highest BCUT2D eigenvalue weighted by molar-refractivity contribution is 6.21. The Morgan fingerprint density at radius 2 is 1.71 bits per heavy atom. The van der Waals surface area contributed by atoms with E-state index in [2.05, 4.69) is 5.32 Å². The number of nitrogens with one attached hydrogen (secondary N) is 1. The van der Waals surface area contributed by atoms with E-state index in [-0.39, 0.29) is 11.8 Å². The first-order valence-electron chi connectivity index (χ1n) is 5.96. The molecule has 1 aliphatic carbocycles. The molecule has 0 radical (unpaired) electrons. The van der Waals surface area contributed by atoms with Gasteiger partial charge in [0.15, 0.2) is 0 Å². The van der Waals surface area contributed by atoms with Gasteiger partial charge < -0.3 is 5.32 Å². The molecule has 0 aromatic heterocycles. The molecule has 1 saturated carbocycles. The number of benzene rings is 1. The van der Waals surface area contributed by atoms with Crippen LogP contribution in [-0.2, 0) is 0 Å². The van der Waals surface area contributed by atoms with Crippen LogP contribution in [0, 0.1) is 0 Å². The summed E-state index contributed by atoms with van der Waals surface area (Å²) in [5.41, 5.74) is 1.06. The molecule has 1 aliphatic heterocycles. The standard InChI is InChI=1S/C13H14N2O2/c16-12-10-3-1-2-4-11(10)13(17)15(12)8-7-14-9-5-6-9/h1-4,9,14H,5-8H2. The third-order valence-electron chi connectivity index (χ3n) is 3.22. The van der Waals surface area contributed by atoms with Crippen LogP contribution >= 0.6 is 0 Å². The van der Waals surface area contributed by atoms with Crippen LogP contribution in [0.2, 0.25) is 0 Å². The fraction of sp³-hybridized carbons (Fsp3) is 0.385. The molecule has 0 bridgehead atoms. The second-order valence-electron chi connectivity index (χ2n) is 4.54. The Labute approximate surface area is 99.6 Å². The molecule has 1 N–H and O–H groups in total. The van der Waals surface area contributed by atoms with Crippen LogP contribution in [0.15, 0.2) is 24.3 Å². The van der Waals surface area contributed by atoms with Gasteiger partial charge in [0.25, 0.3) is 11.8 Å². The number of amides is 2. The molecule has 1 aromatic carbocycles. The molecule has 2 amide bonds. The van der Waals surface area contributed by atoms with Gasteiger partial charge >= 0.3 is 0 Å².